The number of ether oxygens (including phenoxy) is 1. The van der Waals surface area contributed by atoms with Crippen molar-refractivity contribution in [1.82, 2.24) is 5.32 Å². The van der Waals surface area contributed by atoms with Crippen LogP contribution in [-0.2, 0) is 4.74 Å². The average molecular weight is 296 g/mol. The molecule has 0 bridgehead atoms. The van der Waals surface area contributed by atoms with Crippen LogP contribution in [0.3, 0.4) is 0 Å². The Hall–Kier alpha value is -1.37. The van der Waals surface area contributed by atoms with Gasteiger partial charge in [0.15, 0.2) is 5.11 Å². The van der Waals surface area contributed by atoms with E-state index in [1.165, 1.54) is 0 Å². The van der Waals surface area contributed by atoms with Gasteiger partial charge in [0.25, 0.3) is 0 Å². The number of anilines is 1. The lowest BCUT2D eigenvalue weighted by molar-refractivity contribution is -0.908. The van der Waals surface area contributed by atoms with Crippen molar-refractivity contribution in [2.45, 2.75) is 6.42 Å². The molecule has 1 fully saturated rings. The lowest BCUT2D eigenvalue weighted by atomic mass is 10.3. The standard InChI is InChI=1S/C14H21N3O2S/c18-13-4-2-12(3-5-13)16-14(20)15-6-1-7-17-8-10-19-11-9-17/h2-5,18H,1,6-11H2,(H2,15,16,20)/p+1. The Balaban J connectivity index is 1.59. The molecule has 1 aliphatic heterocycles. The summed E-state index contributed by atoms with van der Waals surface area (Å²) in [6.07, 6.45) is 1.09. The summed E-state index contributed by atoms with van der Waals surface area (Å²) < 4.78 is 5.33. The number of rotatable bonds is 5. The van der Waals surface area contributed by atoms with Crippen molar-refractivity contribution < 1.29 is 14.7 Å². The lowest BCUT2D eigenvalue weighted by Crippen LogP contribution is -3.14. The zero-order valence-corrected chi connectivity index (χ0v) is 12.3. The van der Waals surface area contributed by atoms with Crippen LogP contribution in [0.1, 0.15) is 6.42 Å². The van der Waals surface area contributed by atoms with E-state index in [1.807, 2.05) is 0 Å². The molecule has 0 radical (unpaired) electrons. The number of thiocarbonyl (C=S) groups is 1. The first-order valence-electron chi connectivity index (χ1n) is 6.99. The highest BCUT2D eigenvalue weighted by Gasteiger charge is 2.12. The monoisotopic (exact) mass is 296 g/mol. The van der Waals surface area contributed by atoms with Crippen LogP contribution in [0.15, 0.2) is 24.3 Å². The number of phenolic OH excluding ortho intramolecular Hbond substituents is 1. The van der Waals surface area contributed by atoms with Gasteiger partial charge in [-0.2, -0.15) is 0 Å². The normalized spacial score (nSPS) is 15.8. The first-order chi connectivity index (χ1) is 9.74. The molecular weight excluding hydrogens is 274 g/mol. The summed E-state index contributed by atoms with van der Waals surface area (Å²) in [6, 6.07) is 6.85. The fourth-order valence-electron chi connectivity index (χ4n) is 2.17. The summed E-state index contributed by atoms with van der Waals surface area (Å²) in [5.74, 6) is 0.253. The van der Waals surface area contributed by atoms with Gasteiger partial charge < -0.3 is 25.4 Å². The van der Waals surface area contributed by atoms with Crippen molar-refractivity contribution in [1.29, 1.82) is 0 Å². The molecule has 0 unspecified atom stereocenters. The number of benzene rings is 1. The number of phenols is 1. The summed E-state index contributed by atoms with van der Waals surface area (Å²) in [4.78, 5) is 1.61. The first-order valence-corrected chi connectivity index (χ1v) is 7.40. The Labute approximate surface area is 124 Å². The van der Waals surface area contributed by atoms with E-state index < -0.39 is 0 Å². The van der Waals surface area contributed by atoms with Gasteiger partial charge in [0.2, 0.25) is 0 Å². The van der Waals surface area contributed by atoms with Crippen LogP contribution < -0.4 is 15.5 Å². The largest absolute Gasteiger partial charge is 0.508 e. The fourth-order valence-corrected chi connectivity index (χ4v) is 2.39. The van der Waals surface area contributed by atoms with Crippen molar-refractivity contribution in [3.05, 3.63) is 24.3 Å². The molecule has 1 aromatic carbocycles. The lowest BCUT2D eigenvalue weighted by Gasteiger charge is -2.23. The van der Waals surface area contributed by atoms with Crippen LogP contribution >= 0.6 is 12.2 Å². The molecule has 0 spiro atoms. The van der Waals surface area contributed by atoms with Crippen LogP contribution in [0, 0.1) is 0 Å². The van der Waals surface area contributed by atoms with Gasteiger partial charge in [0, 0.05) is 18.7 Å². The zero-order chi connectivity index (χ0) is 14.2. The molecule has 1 aliphatic rings. The molecule has 2 rings (SSSR count). The smallest absolute Gasteiger partial charge is 0.170 e. The highest BCUT2D eigenvalue weighted by atomic mass is 32.1. The number of aromatic hydroxyl groups is 1. The van der Waals surface area contributed by atoms with E-state index in [0.717, 1.165) is 51.5 Å². The fraction of sp³-hybridized carbons (Fsp3) is 0.500. The molecule has 4 N–H and O–H groups in total. The summed E-state index contributed by atoms with van der Waals surface area (Å²) >= 11 is 5.23. The maximum atomic E-state index is 9.20. The van der Waals surface area contributed by atoms with Gasteiger partial charge in [-0.15, -0.1) is 0 Å². The molecule has 1 saturated heterocycles. The van der Waals surface area contributed by atoms with Gasteiger partial charge in [-0.25, -0.2) is 0 Å². The van der Waals surface area contributed by atoms with Crippen LogP contribution in [0.5, 0.6) is 5.75 Å². The molecule has 20 heavy (non-hydrogen) atoms. The first kappa shape index (κ1) is 15.0. The summed E-state index contributed by atoms with van der Waals surface area (Å²) in [5, 5.41) is 16.1. The Bertz CT molecular complexity index is 419. The minimum absolute atomic E-state index is 0.253. The molecule has 110 valence electrons. The second kappa shape index (κ2) is 8.04. The quantitative estimate of drug-likeness (QED) is 0.350. The third-order valence-electron chi connectivity index (χ3n) is 3.32. The van der Waals surface area contributed by atoms with Gasteiger partial charge in [-0.3, -0.25) is 0 Å². The van der Waals surface area contributed by atoms with Crippen LogP contribution in [0.2, 0.25) is 0 Å². The molecular formula is C14H22N3O2S+. The maximum absolute atomic E-state index is 9.20. The van der Waals surface area contributed by atoms with Crippen molar-refractivity contribution in [3.8, 4) is 5.75 Å². The van der Waals surface area contributed by atoms with Crippen LogP contribution in [0.4, 0.5) is 5.69 Å². The number of hydrogen-bond acceptors (Lipinski definition) is 3. The van der Waals surface area contributed by atoms with Crippen molar-refractivity contribution in [2.75, 3.05) is 44.7 Å². The van der Waals surface area contributed by atoms with E-state index in [4.69, 9.17) is 17.0 Å². The maximum Gasteiger partial charge on any atom is 0.170 e. The topological polar surface area (TPSA) is 58.0 Å². The highest BCUT2D eigenvalue weighted by Crippen LogP contribution is 2.13. The van der Waals surface area contributed by atoms with E-state index in [2.05, 4.69) is 10.6 Å². The van der Waals surface area contributed by atoms with Gasteiger partial charge in [-0.1, -0.05) is 0 Å². The van der Waals surface area contributed by atoms with Crippen molar-refractivity contribution in [3.63, 3.8) is 0 Å². The minimum atomic E-state index is 0.253. The van der Waals surface area contributed by atoms with E-state index >= 15 is 0 Å². The number of morpholine rings is 1. The Morgan fingerprint density at radius 3 is 2.65 bits per heavy atom. The summed E-state index contributed by atoms with van der Waals surface area (Å²) in [7, 11) is 0. The number of hydrogen-bond donors (Lipinski definition) is 4. The van der Waals surface area contributed by atoms with Crippen molar-refractivity contribution in [2.24, 2.45) is 0 Å². The molecule has 6 heteroatoms. The highest BCUT2D eigenvalue weighted by molar-refractivity contribution is 7.80. The number of nitrogens with one attached hydrogen (secondary N) is 3. The van der Waals surface area contributed by atoms with Crippen LogP contribution in [0.25, 0.3) is 0 Å². The third-order valence-corrected chi connectivity index (χ3v) is 3.56. The minimum Gasteiger partial charge on any atom is -0.508 e. The molecule has 1 heterocycles. The molecule has 1 aromatic rings. The van der Waals surface area contributed by atoms with Gasteiger partial charge in [0.05, 0.1) is 19.8 Å². The Kier molecular flexibility index (Phi) is 6.04. The van der Waals surface area contributed by atoms with Crippen molar-refractivity contribution >= 4 is 23.0 Å². The van der Waals surface area contributed by atoms with Gasteiger partial charge >= 0.3 is 0 Å². The second-order valence-electron chi connectivity index (χ2n) is 4.89. The summed E-state index contributed by atoms with van der Waals surface area (Å²) in [6.45, 7) is 5.99. The SMILES string of the molecule is Oc1ccc(NC(=S)NCCC[NH+]2CCOCC2)cc1. The van der Waals surface area contributed by atoms with E-state index in [0.29, 0.717) is 5.11 Å². The summed E-state index contributed by atoms with van der Waals surface area (Å²) in [5.41, 5.74) is 0.874. The van der Waals surface area contributed by atoms with E-state index in [-0.39, 0.29) is 5.75 Å². The average Bonchev–Trinajstić information content (AvgIpc) is 2.47. The molecule has 0 aliphatic carbocycles. The molecule has 0 amide bonds. The molecule has 0 saturated carbocycles. The van der Waals surface area contributed by atoms with E-state index in [1.54, 1.807) is 29.2 Å². The van der Waals surface area contributed by atoms with Gasteiger partial charge in [-0.05, 0) is 36.5 Å². The Morgan fingerprint density at radius 1 is 1.25 bits per heavy atom. The predicted octanol–water partition coefficient (Wildman–Crippen LogP) is -0.0162. The zero-order valence-electron chi connectivity index (χ0n) is 11.5. The van der Waals surface area contributed by atoms with Crippen LogP contribution in [-0.4, -0.2) is 49.6 Å². The van der Waals surface area contributed by atoms with E-state index in [9.17, 15) is 5.11 Å². The van der Waals surface area contributed by atoms with Gasteiger partial charge in [0.1, 0.15) is 18.8 Å². The molecule has 5 nitrogen and oxygen atoms in total. The predicted molar refractivity (Wildman–Crippen MR) is 83.3 cm³/mol. The molecule has 0 aromatic heterocycles. The Morgan fingerprint density at radius 2 is 1.95 bits per heavy atom. The third kappa shape index (κ3) is 5.32. The second-order valence-corrected chi connectivity index (χ2v) is 5.30. The number of quaternary nitrogens is 1. The molecule has 0 atom stereocenters.